The second-order valence-electron chi connectivity index (χ2n) is 7.73. The van der Waals surface area contributed by atoms with Crippen molar-refractivity contribution in [2.24, 2.45) is 5.92 Å². The van der Waals surface area contributed by atoms with Crippen molar-refractivity contribution in [1.29, 1.82) is 0 Å². The number of rotatable bonds is 10. The average molecular weight is 497 g/mol. The Morgan fingerprint density at radius 3 is 2.45 bits per heavy atom. The Morgan fingerprint density at radius 2 is 1.82 bits per heavy atom. The number of halogens is 1. The SMILES string of the molecule is COCCCNC(=O)[C@@H]1CN(S(=O)(=O)c2ccc(Cl)cc2)C[C@@H]1c1cc(OC)ccc1OC. The molecular weight excluding hydrogens is 468 g/mol. The zero-order valence-corrected chi connectivity index (χ0v) is 20.5. The van der Waals surface area contributed by atoms with Gasteiger partial charge in [-0.15, -0.1) is 0 Å². The van der Waals surface area contributed by atoms with Crippen LogP contribution in [0.3, 0.4) is 0 Å². The van der Waals surface area contributed by atoms with Crippen LogP contribution in [-0.4, -0.2) is 66.2 Å². The molecule has 0 aliphatic carbocycles. The van der Waals surface area contributed by atoms with Crippen LogP contribution in [0.15, 0.2) is 47.4 Å². The fourth-order valence-corrected chi connectivity index (χ4v) is 5.61. The van der Waals surface area contributed by atoms with Crippen molar-refractivity contribution < 1.29 is 27.4 Å². The number of methoxy groups -OCH3 is 3. The molecule has 10 heteroatoms. The van der Waals surface area contributed by atoms with Gasteiger partial charge in [0.05, 0.1) is 25.0 Å². The summed E-state index contributed by atoms with van der Waals surface area (Å²) in [6.45, 7) is 1.14. The van der Waals surface area contributed by atoms with Crippen LogP contribution in [0.2, 0.25) is 5.02 Å². The molecule has 1 fully saturated rings. The summed E-state index contributed by atoms with van der Waals surface area (Å²) < 4.78 is 44.0. The van der Waals surface area contributed by atoms with Crippen molar-refractivity contribution in [3.8, 4) is 11.5 Å². The topological polar surface area (TPSA) is 94.2 Å². The van der Waals surface area contributed by atoms with Gasteiger partial charge in [-0.25, -0.2) is 8.42 Å². The number of hydrogen-bond acceptors (Lipinski definition) is 6. The van der Waals surface area contributed by atoms with Crippen molar-refractivity contribution in [1.82, 2.24) is 9.62 Å². The standard InChI is InChI=1S/C23H29ClN2O6S/c1-30-12-4-11-25-23(27)21-15-26(33(28,29)18-8-5-16(24)6-9-18)14-20(21)19-13-17(31-2)7-10-22(19)32-3/h5-10,13,20-21H,4,11-12,14-15H2,1-3H3,(H,25,27)/t20-,21-/m1/s1. The monoisotopic (exact) mass is 496 g/mol. The molecule has 180 valence electrons. The quantitative estimate of drug-likeness (QED) is 0.508. The highest BCUT2D eigenvalue weighted by Crippen LogP contribution is 2.41. The number of amides is 1. The molecule has 0 bridgehead atoms. The Labute approximate surface area is 199 Å². The van der Waals surface area contributed by atoms with E-state index in [-0.39, 0.29) is 23.9 Å². The van der Waals surface area contributed by atoms with E-state index in [0.717, 1.165) is 5.56 Å². The van der Waals surface area contributed by atoms with Gasteiger partial charge >= 0.3 is 0 Å². The van der Waals surface area contributed by atoms with Crippen molar-refractivity contribution in [3.63, 3.8) is 0 Å². The molecule has 1 amide bonds. The Bertz CT molecular complexity index is 1060. The predicted molar refractivity (Wildman–Crippen MR) is 125 cm³/mol. The van der Waals surface area contributed by atoms with E-state index in [2.05, 4.69) is 5.32 Å². The smallest absolute Gasteiger partial charge is 0.243 e. The zero-order valence-electron chi connectivity index (χ0n) is 18.9. The number of ether oxygens (including phenoxy) is 3. The van der Waals surface area contributed by atoms with Gasteiger partial charge in [-0.1, -0.05) is 11.6 Å². The van der Waals surface area contributed by atoms with Crippen molar-refractivity contribution >= 4 is 27.5 Å². The third-order valence-corrected chi connectivity index (χ3v) is 7.83. The van der Waals surface area contributed by atoms with E-state index < -0.39 is 21.9 Å². The highest BCUT2D eigenvalue weighted by molar-refractivity contribution is 7.89. The molecule has 1 N–H and O–H groups in total. The maximum Gasteiger partial charge on any atom is 0.243 e. The molecule has 1 aliphatic rings. The molecule has 2 aromatic carbocycles. The molecule has 0 aromatic heterocycles. The molecule has 0 spiro atoms. The molecule has 3 rings (SSSR count). The molecule has 1 heterocycles. The summed E-state index contributed by atoms with van der Waals surface area (Å²) >= 11 is 5.93. The fraction of sp³-hybridized carbons (Fsp3) is 0.435. The molecule has 0 radical (unpaired) electrons. The number of sulfonamides is 1. The van der Waals surface area contributed by atoms with Gasteiger partial charge in [-0.3, -0.25) is 4.79 Å². The van der Waals surface area contributed by atoms with E-state index in [0.29, 0.717) is 36.1 Å². The van der Waals surface area contributed by atoms with Crippen LogP contribution in [0, 0.1) is 5.92 Å². The van der Waals surface area contributed by atoms with Gasteiger partial charge in [-0.2, -0.15) is 4.31 Å². The molecule has 33 heavy (non-hydrogen) atoms. The van der Waals surface area contributed by atoms with Crippen molar-refractivity contribution in [2.45, 2.75) is 17.2 Å². The zero-order chi connectivity index (χ0) is 24.0. The molecular formula is C23H29ClN2O6S. The highest BCUT2D eigenvalue weighted by Gasteiger charge is 2.44. The van der Waals surface area contributed by atoms with Crippen LogP contribution in [0.25, 0.3) is 0 Å². The van der Waals surface area contributed by atoms with Gasteiger partial charge in [0.1, 0.15) is 11.5 Å². The normalized spacial score (nSPS) is 18.8. The van der Waals surface area contributed by atoms with E-state index in [1.807, 2.05) is 0 Å². The second kappa shape index (κ2) is 11.2. The molecule has 0 unspecified atom stereocenters. The van der Waals surface area contributed by atoms with Crippen LogP contribution in [0.4, 0.5) is 0 Å². The number of hydrogen-bond donors (Lipinski definition) is 1. The first kappa shape index (κ1) is 25.3. The number of carbonyl (C=O) groups is 1. The molecule has 8 nitrogen and oxygen atoms in total. The minimum absolute atomic E-state index is 0.0477. The van der Waals surface area contributed by atoms with Gasteiger partial charge in [0.15, 0.2) is 0 Å². The largest absolute Gasteiger partial charge is 0.497 e. The Kier molecular flexibility index (Phi) is 8.58. The summed E-state index contributed by atoms with van der Waals surface area (Å²) in [6.07, 6.45) is 0.662. The van der Waals surface area contributed by atoms with Crippen molar-refractivity contribution in [3.05, 3.63) is 53.1 Å². The highest BCUT2D eigenvalue weighted by atomic mass is 35.5. The Morgan fingerprint density at radius 1 is 1.09 bits per heavy atom. The lowest BCUT2D eigenvalue weighted by atomic mass is 9.87. The molecule has 2 aromatic rings. The maximum atomic E-state index is 13.3. The predicted octanol–water partition coefficient (Wildman–Crippen LogP) is 2.91. The van der Waals surface area contributed by atoms with E-state index in [1.165, 1.54) is 28.6 Å². The second-order valence-corrected chi connectivity index (χ2v) is 10.1. The van der Waals surface area contributed by atoms with Gasteiger partial charge in [0.2, 0.25) is 15.9 Å². The number of nitrogens with one attached hydrogen (secondary N) is 1. The number of nitrogens with zero attached hydrogens (tertiary/aromatic N) is 1. The molecule has 0 saturated carbocycles. The number of benzene rings is 2. The summed E-state index contributed by atoms with van der Waals surface area (Å²) in [7, 11) is 0.873. The van der Waals surface area contributed by atoms with Crippen LogP contribution in [0.1, 0.15) is 17.9 Å². The van der Waals surface area contributed by atoms with Crippen LogP contribution in [0.5, 0.6) is 11.5 Å². The average Bonchev–Trinajstić information content (AvgIpc) is 3.28. The van der Waals surface area contributed by atoms with Gasteiger partial charge in [0.25, 0.3) is 0 Å². The lowest BCUT2D eigenvalue weighted by molar-refractivity contribution is -0.124. The van der Waals surface area contributed by atoms with E-state index in [9.17, 15) is 13.2 Å². The Balaban J connectivity index is 1.95. The first-order valence-corrected chi connectivity index (χ1v) is 12.4. The summed E-state index contributed by atoms with van der Waals surface area (Å²) in [4.78, 5) is 13.3. The van der Waals surface area contributed by atoms with E-state index in [4.69, 9.17) is 25.8 Å². The van der Waals surface area contributed by atoms with Gasteiger partial charge in [0, 0.05) is 49.9 Å². The Hall–Kier alpha value is -2.33. The molecule has 2 atom stereocenters. The minimum atomic E-state index is -3.82. The first-order valence-electron chi connectivity index (χ1n) is 10.6. The van der Waals surface area contributed by atoms with E-state index >= 15 is 0 Å². The van der Waals surface area contributed by atoms with E-state index in [1.54, 1.807) is 39.5 Å². The third kappa shape index (κ3) is 5.78. The first-order chi connectivity index (χ1) is 15.8. The summed E-state index contributed by atoms with van der Waals surface area (Å²) in [6, 6.07) is 11.3. The number of carbonyl (C=O) groups excluding carboxylic acids is 1. The summed E-state index contributed by atoms with van der Waals surface area (Å²) in [5.74, 6) is -0.0576. The summed E-state index contributed by atoms with van der Waals surface area (Å²) in [5, 5.41) is 3.36. The molecule has 1 aliphatic heterocycles. The lowest BCUT2D eigenvalue weighted by Crippen LogP contribution is -2.36. The third-order valence-electron chi connectivity index (χ3n) is 5.74. The van der Waals surface area contributed by atoms with Crippen LogP contribution < -0.4 is 14.8 Å². The summed E-state index contributed by atoms with van der Waals surface area (Å²) in [5.41, 5.74) is 0.725. The maximum absolute atomic E-state index is 13.3. The van der Waals surface area contributed by atoms with Gasteiger partial charge in [-0.05, 0) is 48.9 Å². The van der Waals surface area contributed by atoms with Gasteiger partial charge < -0.3 is 19.5 Å². The molecule has 1 saturated heterocycles. The fourth-order valence-electron chi connectivity index (χ4n) is 3.99. The van der Waals surface area contributed by atoms with Crippen LogP contribution in [-0.2, 0) is 19.6 Å². The van der Waals surface area contributed by atoms with Crippen LogP contribution >= 0.6 is 11.6 Å². The van der Waals surface area contributed by atoms with Crippen molar-refractivity contribution in [2.75, 3.05) is 47.6 Å². The lowest BCUT2D eigenvalue weighted by Gasteiger charge is -2.21. The minimum Gasteiger partial charge on any atom is -0.497 e.